The number of amides is 1. The molecule has 0 unspecified atom stereocenters. The molecule has 1 fully saturated rings. The predicted octanol–water partition coefficient (Wildman–Crippen LogP) is 5.21. The molecule has 0 bridgehead atoms. The molecule has 2 nitrogen and oxygen atoms in total. The Morgan fingerprint density at radius 2 is 1.67 bits per heavy atom. The summed E-state index contributed by atoms with van der Waals surface area (Å²) in [6, 6.07) is 19.9. The summed E-state index contributed by atoms with van der Waals surface area (Å²) in [5.74, 6) is -0.0286. The summed E-state index contributed by atoms with van der Waals surface area (Å²) >= 11 is 6.78. The molecule has 3 rings (SSSR count). The number of hydrogen-bond acceptors (Lipinski definition) is 3. The van der Waals surface area contributed by atoms with Gasteiger partial charge in [-0.3, -0.25) is 9.69 Å². The number of allylic oxidation sites excluding steroid dienone is 2. The van der Waals surface area contributed by atoms with Gasteiger partial charge in [-0.05, 0) is 24.1 Å². The van der Waals surface area contributed by atoms with Crippen molar-refractivity contribution in [3.05, 3.63) is 88.8 Å². The minimum absolute atomic E-state index is 0.0286. The van der Waals surface area contributed by atoms with Gasteiger partial charge >= 0.3 is 0 Å². The van der Waals surface area contributed by atoms with Crippen LogP contribution in [-0.4, -0.2) is 15.1 Å². The smallest absolute Gasteiger partial charge is 0.266 e. The third kappa shape index (κ3) is 3.66. The van der Waals surface area contributed by atoms with Crippen LogP contribution >= 0.6 is 24.0 Å². The maximum Gasteiger partial charge on any atom is 0.266 e. The van der Waals surface area contributed by atoms with E-state index in [0.29, 0.717) is 9.23 Å². The summed E-state index contributed by atoms with van der Waals surface area (Å²) in [6.07, 6.45) is 5.71. The fourth-order valence-corrected chi connectivity index (χ4v) is 3.89. The minimum atomic E-state index is -0.0669. The number of thiocarbonyl (C=S) groups is 1. The Morgan fingerprint density at radius 3 is 2.33 bits per heavy atom. The molecule has 2 aromatic carbocycles. The molecular weight excluding hydrogens is 334 g/mol. The number of benzene rings is 2. The van der Waals surface area contributed by atoms with Crippen LogP contribution in [0.5, 0.6) is 0 Å². The van der Waals surface area contributed by atoms with E-state index in [0.717, 1.165) is 11.1 Å². The molecule has 0 spiro atoms. The highest BCUT2D eigenvalue weighted by molar-refractivity contribution is 8.26. The Morgan fingerprint density at radius 1 is 1.04 bits per heavy atom. The summed E-state index contributed by atoms with van der Waals surface area (Å²) in [5, 5.41) is 0. The van der Waals surface area contributed by atoms with Gasteiger partial charge in [-0.15, -0.1) is 0 Å². The quantitative estimate of drug-likeness (QED) is 0.557. The largest absolute Gasteiger partial charge is 0.286 e. The molecule has 4 heteroatoms. The standard InChI is InChI=1S/C20H17NOS2/c1-15(17-12-6-3-7-13-17)21-19(22)18(24-20(21)23)14-8-11-16-9-4-2-5-10-16/h2-15H,1H3/b11-8+,18-14-/t15-/m0/s1. The first-order chi connectivity index (χ1) is 11.7. The average molecular weight is 351 g/mol. The van der Waals surface area contributed by atoms with Crippen LogP contribution in [0.3, 0.4) is 0 Å². The number of thioether (sulfide) groups is 1. The van der Waals surface area contributed by atoms with Crippen LogP contribution in [0.15, 0.2) is 77.7 Å². The Bertz CT molecular complexity index is 797. The van der Waals surface area contributed by atoms with Crippen LogP contribution in [0.1, 0.15) is 24.1 Å². The maximum atomic E-state index is 12.7. The minimum Gasteiger partial charge on any atom is -0.286 e. The van der Waals surface area contributed by atoms with Crippen molar-refractivity contribution >= 4 is 40.3 Å². The molecule has 120 valence electrons. The van der Waals surface area contributed by atoms with Crippen molar-refractivity contribution in [2.24, 2.45) is 0 Å². The monoisotopic (exact) mass is 351 g/mol. The lowest BCUT2D eigenvalue weighted by Gasteiger charge is -2.23. The topological polar surface area (TPSA) is 20.3 Å². The SMILES string of the molecule is C[C@@H](c1ccccc1)N1C(=O)/C(=C/C=C/c2ccccc2)SC1=S. The molecule has 0 aliphatic carbocycles. The Balaban J connectivity index is 1.76. The van der Waals surface area contributed by atoms with Gasteiger partial charge < -0.3 is 0 Å². The molecule has 1 amide bonds. The van der Waals surface area contributed by atoms with Gasteiger partial charge in [0, 0.05) is 0 Å². The zero-order valence-corrected chi connectivity index (χ0v) is 14.9. The molecule has 1 aliphatic rings. The van der Waals surface area contributed by atoms with Gasteiger partial charge in [0.2, 0.25) is 0 Å². The van der Waals surface area contributed by atoms with Gasteiger partial charge in [0.25, 0.3) is 5.91 Å². The van der Waals surface area contributed by atoms with Crippen LogP contribution in [0.4, 0.5) is 0 Å². The van der Waals surface area contributed by atoms with Crippen LogP contribution in [0.2, 0.25) is 0 Å². The highest BCUT2D eigenvalue weighted by Gasteiger charge is 2.35. The van der Waals surface area contributed by atoms with E-state index >= 15 is 0 Å². The van der Waals surface area contributed by atoms with E-state index in [4.69, 9.17) is 12.2 Å². The fraction of sp³-hybridized carbons (Fsp3) is 0.100. The van der Waals surface area contributed by atoms with Crippen LogP contribution in [-0.2, 0) is 4.79 Å². The van der Waals surface area contributed by atoms with Gasteiger partial charge in [0.1, 0.15) is 4.32 Å². The number of hydrogen-bond donors (Lipinski definition) is 0. The van der Waals surface area contributed by atoms with Gasteiger partial charge in [-0.2, -0.15) is 0 Å². The highest BCUT2D eigenvalue weighted by atomic mass is 32.2. The molecule has 1 saturated heterocycles. The molecule has 0 N–H and O–H groups in total. The number of nitrogens with zero attached hydrogens (tertiary/aromatic N) is 1. The Kier molecular flexibility index (Phi) is 5.28. The average Bonchev–Trinajstić information content (AvgIpc) is 2.90. The number of carbonyl (C=O) groups is 1. The van der Waals surface area contributed by atoms with E-state index < -0.39 is 0 Å². The lowest BCUT2D eigenvalue weighted by Crippen LogP contribution is -2.30. The second-order valence-electron chi connectivity index (χ2n) is 5.43. The molecule has 1 aliphatic heterocycles. The second kappa shape index (κ2) is 7.60. The summed E-state index contributed by atoms with van der Waals surface area (Å²) in [6.45, 7) is 2.00. The first-order valence-corrected chi connectivity index (χ1v) is 8.93. The lowest BCUT2D eigenvalue weighted by atomic mass is 10.1. The van der Waals surface area contributed by atoms with Crippen molar-refractivity contribution < 1.29 is 4.79 Å². The molecular formula is C20H17NOS2. The first-order valence-electron chi connectivity index (χ1n) is 7.70. The fourth-order valence-electron chi connectivity index (χ4n) is 2.52. The van der Waals surface area contributed by atoms with Crippen LogP contribution in [0.25, 0.3) is 6.08 Å². The summed E-state index contributed by atoms with van der Waals surface area (Å²) < 4.78 is 0.607. The van der Waals surface area contributed by atoms with E-state index in [9.17, 15) is 4.79 Å². The van der Waals surface area contributed by atoms with Crippen molar-refractivity contribution in [1.29, 1.82) is 0 Å². The van der Waals surface area contributed by atoms with Crippen LogP contribution in [0, 0.1) is 0 Å². The molecule has 0 aromatic heterocycles. The molecule has 24 heavy (non-hydrogen) atoms. The van der Waals surface area contributed by atoms with E-state index in [1.807, 2.05) is 85.8 Å². The first kappa shape index (κ1) is 16.7. The maximum absolute atomic E-state index is 12.7. The number of rotatable bonds is 4. The van der Waals surface area contributed by atoms with Crippen molar-refractivity contribution in [2.45, 2.75) is 13.0 Å². The zero-order chi connectivity index (χ0) is 16.9. The summed E-state index contributed by atoms with van der Waals surface area (Å²) in [7, 11) is 0. The predicted molar refractivity (Wildman–Crippen MR) is 105 cm³/mol. The summed E-state index contributed by atoms with van der Waals surface area (Å²) in [4.78, 5) is 15.0. The van der Waals surface area contributed by atoms with E-state index in [-0.39, 0.29) is 11.9 Å². The molecule has 2 aromatic rings. The van der Waals surface area contributed by atoms with Gasteiger partial charge in [-0.1, -0.05) is 96.8 Å². The molecule has 0 radical (unpaired) electrons. The van der Waals surface area contributed by atoms with E-state index in [1.165, 1.54) is 11.8 Å². The van der Waals surface area contributed by atoms with Crippen molar-refractivity contribution in [3.63, 3.8) is 0 Å². The summed E-state index contributed by atoms with van der Waals surface area (Å²) in [5.41, 5.74) is 2.18. The third-order valence-corrected chi connectivity index (χ3v) is 5.18. The zero-order valence-electron chi connectivity index (χ0n) is 13.3. The van der Waals surface area contributed by atoms with Gasteiger partial charge in [0.05, 0.1) is 10.9 Å². The molecule has 1 heterocycles. The molecule has 0 saturated carbocycles. The van der Waals surface area contributed by atoms with E-state index in [2.05, 4.69) is 0 Å². The van der Waals surface area contributed by atoms with Crippen molar-refractivity contribution in [1.82, 2.24) is 4.90 Å². The van der Waals surface area contributed by atoms with Crippen molar-refractivity contribution in [2.75, 3.05) is 0 Å². The van der Waals surface area contributed by atoms with Crippen LogP contribution < -0.4 is 0 Å². The Hall–Kier alpha value is -2.17. The van der Waals surface area contributed by atoms with E-state index in [1.54, 1.807) is 4.90 Å². The Labute approximate surface area is 151 Å². The highest BCUT2D eigenvalue weighted by Crippen LogP contribution is 2.36. The molecule has 1 atom stereocenters. The number of carbonyl (C=O) groups excluding carboxylic acids is 1. The van der Waals surface area contributed by atoms with Crippen molar-refractivity contribution in [3.8, 4) is 0 Å². The second-order valence-corrected chi connectivity index (χ2v) is 7.11. The van der Waals surface area contributed by atoms with Gasteiger partial charge in [-0.25, -0.2) is 0 Å². The van der Waals surface area contributed by atoms with Gasteiger partial charge in [0.15, 0.2) is 0 Å². The normalized spacial score (nSPS) is 17.9. The lowest BCUT2D eigenvalue weighted by molar-refractivity contribution is -0.123. The third-order valence-electron chi connectivity index (χ3n) is 3.83.